The van der Waals surface area contributed by atoms with E-state index in [9.17, 15) is 27.2 Å². The number of aromatic amines is 1. The second-order valence-electron chi connectivity index (χ2n) is 10.3. The van der Waals surface area contributed by atoms with Crippen molar-refractivity contribution in [2.24, 2.45) is 0 Å². The number of nitrogens with one attached hydrogen (secondary N) is 1. The Morgan fingerprint density at radius 1 is 1.10 bits per heavy atom. The quantitative estimate of drug-likeness (QED) is 0.439. The first-order chi connectivity index (χ1) is 18.9. The van der Waals surface area contributed by atoms with Gasteiger partial charge in [-0.25, -0.2) is 14.3 Å². The third-order valence-electron chi connectivity index (χ3n) is 7.21. The molecule has 11 nitrogen and oxygen atoms in total. The summed E-state index contributed by atoms with van der Waals surface area (Å²) in [6, 6.07) is 4.51. The molecule has 3 aromatic rings. The number of carbonyl (C=O) groups is 2. The van der Waals surface area contributed by atoms with E-state index >= 15 is 0 Å². The zero-order valence-corrected chi connectivity index (χ0v) is 23.4. The number of nitrogens with zero attached hydrogens (tertiary/aromatic N) is 6. The Labute approximate surface area is 232 Å². The second-order valence-corrected chi connectivity index (χ2v) is 10.3. The van der Waals surface area contributed by atoms with Crippen molar-refractivity contribution in [3.8, 4) is 0 Å². The van der Waals surface area contributed by atoms with Crippen LogP contribution in [0, 0.1) is 19.7 Å². The van der Waals surface area contributed by atoms with Crippen LogP contribution in [0.1, 0.15) is 58.2 Å². The number of fused-ring (bicyclic) bond motifs is 1. The van der Waals surface area contributed by atoms with Crippen LogP contribution in [-0.2, 0) is 29.8 Å². The average molecular weight is 582 g/mol. The molecular weight excluding hydrogens is 550 g/mol. The van der Waals surface area contributed by atoms with Crippen LogP contribution in [-0.4, -0.2) is 78.6 Å². The van der Waals surface area contributed by atoms with Crippen molar-refractivity contribution >= 4 is 11.9 Å². The lowest BCUT2D eigenvalue weighted by Crippen LogP contribution is -2.42. The van der Waals surface area contributed by atoms with Gasteiger partial charge in [-0.1, -0.05) is 6.07 Å². The van der Waals surface area contributed by atoms with Crippen LogP contribution in [0.3, 0.4) is 0 Å². The molecule has 1 aliphatic heterocycles. The lowest BCUT2D eigenvalue weighted by molar-refractivity contribution is -0.192. The van der Waals surface area contributed by atoms with Crippen LogP contribution in [0.15, 0.2) is 23.0 Å². The van der Waals surface area contributed by atoms with Gasteiger partial charge in [0.1, 0.15) is 5.82 Å². The number of benzene rings is 1. The molecule has 3 heterocycles. The maximum absolute atomic E-state index is 14.7. The fourth-order valence-electron chi connectivity index (χ4n) is 4.04. The van der Waals surface area contributed by atoms with Gasteiger partial charge in [-0.05, 0) is 65.0 Å². The van der Waals surface area contributed by atoms with E-state index in [-0.39, 0.29) is 29.1 Å². The highest BCUT2D eigenvalue weighted by Crippen LogP contribution is 2.27. The van der Waals surface area contributed by atoms with E-state index in [0.29, 0.717) is 36.6 Å². The lowest BCUT2D eigenvalue weighted by Gasteiger charge is -2.34. The highest BCUT2D eigenvalue weighted by Gasteiger charge is 2.38. The van der Waals surface area contributed by atoms with E-state index in [4.69, 9.17) is 9.90 Å². The fourth-order valence-corrected chi connectivity index (χ4v) is 4.04. The van der Waals surface area contributed by atoms with Gasteiger partial charge in [0.2, 0.25) is 0 Å². The van der Waals surface area contributed by atoms with Crippen molar-refractivity contribution in [3.63, 3.8) is 0 Å². The summed E-state index contributed by atoms with van der Waals surface area (Å²) >= 11 is 0. The molecule has 1 aliphatic rings. The number of rotatable bonds is 5. The summed E-state index contributed by atoms with van der Waals surface area (Å²) in [4.78, 5) is 37.6. The molecule has 1 amide bonds. The van der Waals surface area contributed by atoms with Gasteiger partial charge in [0.15, 0.2) is 11.6 Å². The molecule has 222 valence electrons. The molecular formula is C26H31F4N7O4. The predicted octanol–water partition coefficient (Wildman–Crippen LogP) is 2.79. The standard InChI is InChI=1S/C24H30FN7O2.C2HF3O2/c1-14-15(2)21(33)28-26-19(14)12-16-7-8-18(25)17(11-16)22(34)31-9-10-32-20(13-31)27-29-23(32)24(3,4)30(5)6;3-2(4,5)1(6)7/h7-8,11H,9-10,12-13H2,1-6H3,(H,28,33);(H,6,7). The topological polar surface area (TPSA) is 137 Å². The third kappa shape index (κ3) is 6.78. The third-order valence-corrected chi connectivity index (χ3v) is 7.21. The van der Waals surface area contributed by atoms with Gasteiger partial charge in [-0.2, -0.15) is 18.3 Å². The van der Waals surface area contributed by atoms with Crippen molar-refractivity contribution in [2.45, 2.75) is 58.9 Å². The summed E-state index contributed by atoms with van der Waals surface area (Å²) in [7, 11) is 3.98. The number of hydrogen-bond acceptors (Lipinski definition) is 7. The van der Waals surface area contributed by atoms with Crippen LogP contribution >= 0.6 is 0 Å². The maximum Gasteiger partial charge on any atom is 0.490 e. The monoisotopic (exact) mass is 581 g/mol. The molecule has 41 heavy (non-hydrogen) atoms. The van der Waals surface area contributed by atoms with Crippen LogP contribution < -0.4 is 5.56 Å². The number of H-pyrrole nitrogens is 1. The zero-order valence-electron chi connectivity index (χ0n) is 23.4. The number of alkyl halides is 3. The molecule has 0 unspecified atom stereocenters. The van der Waals surface area contributed by atoms with Crippen molar-refractivity contribution in [1.82, 2.24) is 34.8 Å². The summed E-state index contributed by atoms with van der Waals surface area (Å²) in [6.07, 6.45) is -4.71. The number of carbonyl (C=O) groups excluding carboxylic acids is 1. The largest absolute Gasteiger partial charge is 0.490 e. The Morgan fingerprint density at radius 3 is 2.32 bits per heavy atom. The molecule has 2 N–H and O–H groups in total. The number of amides is 1. The molecule has 0 bridgehead atoms. The van der Waals surface area contributed by atoms with Gasteiger partial charge in [0.25, 0.3) is 11.5 Å². The molecule has 0 spiro atoms. The van der Waals surface area contributed by atoms with Gasteiger partial charge in [-0.3, -0.25) is 14.5 Å². The van der Waals surface area contributed by atoms with E-state index in [1.54, 1.807) is 24.0 Å². The molecule has 2 aromatic heterocycles. The van der Waals surface area contributed by atoms with Crippen molar-refractivity contribution in [2.75, 3.05) is 20.6 Å². The second kappa shape index (κ2) is 11.8. The minimum Gasteiger partial charge on any atom is -0.475 e. The number of carboxylic acid groups (broad SMARTS) is 1. The normalized spacial score (nSPS) is 13.5. The molecule has 0 atom stereocenters. The number of aromatic nitrogens is 5. The first-order valence-electron chi connectivity index (χ1n) is 12.5. The molecule has 4 rings (SSSR count). The highest BCUT2D eigenvalue weighted by molar-refractivity contribution is 5.94. The minimum atomic E-state index is -5.08. The first-order valence-corrected chi connectivity index (χ1v) is 12.5. The molecule has 0 saturated carbocycles. The molecule has 15 heteroatoms. The predicted molar refractivity (Wildman–Crippen MR) is 139 cm³/mol. The van der Waals surface area contributed by atoms with Crippen molar-refractivity contribution < 1.29 is 32.3 Å². The van der Waals surface area contributed by atoms with Gasteiger partial charge in [0.05, 0.1) is 23.3 Å². The lowest BCUT2D eigenvalue weighted by atomic mass is 10.0. The summed E-state index contributed by atoms with van der Waals surface area (Å²) in [5.41, 5.74) is 2.27. The Balaban J connectivity index is 0.000000587. The van der Waals surface area contributed by atoms with E-state index in [1.807, 2.05) is 25.6 Å². The summed E-state index contributed by atoms with van der Waals surface area (Å²) in [5, 5.41) is 22.4. The van der Waals surface area contributed by atoms with E-state index < -0.39 is 18.0 Å². The van der Waals surface area contributed by atoms with Gasteiger partial charge < -0.3 is 14.6 Å². The molecule has 0 fully saturated rings. The Hall–Kier alpha value is -4.14. The van der Waals surface area contributed by atoms with Crippen LogP contribution in [0.5, 0.6) is 0 Å². The Bertz CT molecular complexity index is 1510. The van der Waals surface area contributed by atoms with Crippen molar-refractivity contribution in [1.29, 1.82) is 0 Å². The van der Waals surface area contributed by atoms with Crippen LogP contribution in [0.25, 0.3) is 0 Å². The number of carboxylic acids is 1. The Morgan fingerprint density at radius 2 is 1.73 bits per heavy atom. The van der Waals surface area contributed by atoms with E-state index in [2.05, 4.69) is 39.1 Å². The SMILES string of the molecule is Cc1c(Cc2ccc(F)c(C(=O)N3CCn4c(nnc4C(C)(C)N(C)C)C3)c2)n[nH]c(=O)c1C.O=C(O)C(F)(F)F. The smallest absolute Gasteiger partial charge is 0.475 e. The minimum absolute atomic E-state index is 0.0121. The average Bonchev–Trinajstić information content (AvgIpc) is 3.33. The molecule has 0 saturated heterocycles. The summed E-state index contributed by atoms with van der Waals surface area (Å²) in [6.45, 7) is 8.95. The van der Waals surface area contributed by atoms with E-state index in [1.165, 1.54) is 6.07 Å². The van der Waals surface area contributed by atoms with Gasteiger partial charge >= 0.3 is 12.1 Å². The van der Waals surface area contributed by atoms with E-state index in [0.717, 1.165) is 17.0 Å². The number of aliphatic carboxylic acids is 1. The highest BCUT2D eigenvalue weighted by atomic mass is 19.4. The molecule has 1 aromatic carbocycles. The number of halogens is 4. The van der Waals surface area contributed by atoms with Gasteiger partial charge in [0, 0.05) is 25.1 Å². The fraction of sp³-hybridized carbons (Fsp3) is 0.462. The molecule has 0 aliphatic carbocycles. The van der Waals surface area contributed by atoms with Gasteiger partial charge in [-0.15, -0.1) is 10.2 Å². The Kier molecular flexibility index (Phi) is 9.01. The van der Waals surface area contributed by atoms with Crippen LogP contribution in [0.2, 0.25) is 0 Å². The maximum atomic E-state index is 14.7. The molecule has 0 radical (unpaired) electrons. The van der Waals surface area contributed by atoms with Crippen LogP contribution in [0.4, 0.5) is 17.6 Å². The van der Waals surface area contributed by atoms with Crippen molar-refractivity contribution in [3.05, 3.63) is 74.0 Å². The zero-order chi connectivity index (χ0) is 30.9. The summed E-state index contributed by atoms with van der Waals surface area (Å²) in [5.74, 6) is -2.19. The first kappa shape index (κ1) is 31.4. The summed E-state index contributed by atoms with van der Waals surface area (Å²) < 4.78 is 48.5. The number of hydrogen-bond donors (Lipinski definition) is 2.